The van der Waals surface area contributed by atoms with Gasteiger partial charge in [-0.2, -0.15) is 0 Å². The summed E-state index contributed by atoms with van der Waals surface area (Å²) in [5.74, 6) is 0. The lowest BCUT2D eigenvalue weighted by molar-refractivity contribution is -0.111. The predicted molar refractivity (Wildman–Crippen MR) is 33.1 cm³/mol. The predicted octanol–water partition coefficient (Wildman–Crippen LogP) is -0.750. The fourth-order valence-electron chi connectivity index (χ4n) is 1.16. The second-order valence-electron chi connectivity index (χ2n) is 2.53. The molecule has 0 aliphatic carbocycles. The Kier molecular flexibility index (Phi) is 1.83. The van der Waals surface area contributed by atoms with Crippen LogP contribution in [0.2, 0.25) is 0 Å². The van der Waals surface area contributed by atoms with E-state index in [2.05, 4.69) is 0 Å². The van der Waals surface area contributed by atoms with Gasteiger partial charge in [-0.3, -0.25) is 4.90 Å². The molecule has 0 bridgehead atoms. The first-order chi connectivity index (χ1) is 4.24. The molecule has 2 unspecified atom stereocenters. The van der Waals surface area contributed by atoms with Crippen molar-refractivity contribution >= 4 is 6.29 Å². The minimum absolute atomic E-state index is 0.0556. The molecule has 1 fully saturated rings. The maximum atomic E-state index is 10.2. The van der Waals surface area contributed by atoms with Gasteiger partial charge in [0.05, 0.1) is 12.1 Å². The van der Waals surface area contributed by atoms with Crippen LogP contribution >= 0.6 is 0 Å². The van der Waals surface area contributed by atoms with Crippen LogP contribution in [0, 0.1) is 0 Å². The lowest BCUT2D eigenvalue weighted by Gasteiger charge is -2.10. The van der Waals surface area contributed by atoms with E-state index in [0.29, 0.717) is 13.0 Å². The molecule has 1 saturated heterocycles. The van der Waals surface area contributed by atoms with Gasteiger partial charge in [-0.1, -0.05) is 0 Å². The molecule has 0 amide bonds. The zero-order chi connectivity index (χ0) is 6.85. The summed E-state index contributed by atoms with van der Waals surface area (Å²) in [5.41, 5.74) is 0. The molecule has 0 aromatic heterocycles. The second-order valence-corrected chi connectivity index (χ2v) is 2.53. The highest BCUT2D eigenvalue weighted by Gasteiger charge is 2.26. The molecular weight excluding hydrogens is 118 g/mol. The Morgan fingerprint density at radius 3 is 2.67 bits per heavy atom. The number of rotatable bonds is 1. The van der Waals surface area contributed by atoms with E-state index in [0.717, 1.165) is 6.29 Å². The lowest BCUT2D eigenvalue weighted by atomic mass is 10.2. The number of nitrogens with zero attached hydrogens (tertiary/aromatic N) is 1. The van der Waals surface area contributed by atoms with Crippen LogP contribution < -0.4 is 0 Å². The number of hydrogen-bond donors (Lipinski definition) is 1. The second kappa shape index (κ2) is 2.45. The molecule has 0 spiro atoms. The van der Waals surface area contributed by atoms with Gasteiger partial charge >= 0.3 is 0 Å². The van der Waals surface area contributed by atoms with Gasteiger partial charge < -0.3 is 9.90 Å². The third-order valence-corrected chi connectivity index (χ3v) is 1.74. The van der Waals surface area contributed by atoms with Gasteiger partial charge in [0.15, 0.2) is 0 Å². The van der Waals surface area contributed by atoms with Crippen molar-refractivity contribution in [2.24, 2.45) is 0 Å². The lowest BCUT2D eigenvalue weighted by Crippen LogP contribution is -2.25. The number of aliphatic hydroxyl groups excluding tert-OH is 1. The van der Waals surface area contributed by atoms with E-state index in [1.54, 1.807) is 0 Å². The van der Waals surface area contributed by atoms with Crippen LogP contribution in [-0.2, 0) is 4.79 Å². The summed E-state index contributed by atoms with van der Waals surface area (Å²) in [6.45, 7) is 0.628. The number of likely N-dealkylation sites (N-methyl/N-ethyl adjacent to an activating group) is 1. The van der Waals surface area contributed by atoms with Crippen LogP contribution in [0.3, 0.4) is 0 Å². The van der Waals surface area contributed by atoms with Crippen LogP contribution in [-0.4, -0.2) is 42.0 Å². The average molecular weight is 129 g/mol. The smallest absolute Gasteiger partial charge is 0.137 e. The molecule has 1 heterocycles. The fraction of sp³-hybridized carbons (Fsp3) is 0.833. The van der Waals surface area contributed by atoms with Gasteiger partial charge in [-0.15, -0.1) is 0 Å². The first kappa shape index (κ1) is 6.71. The van der Waals surface area contributed by atoms with E-state index in [9.17, 15) is 4.79 Å². The Morgan fingerprint density at radius 2 is 2.44 bits per heavy atom. The van der Waals surface area contributed by atoms with E-state index in [-0.39, 0.29) is 12.1 Å². The third-order valence-electron chi connectivity index (χ3n) is 1.74. The van der Waals surface area contributed by atoms with Gasteiger partial charge in [-0.05, 0) is 13.5 Å². The van der Waals surface area contributed by atoms with Crippen molar-refractivity contribution in [2.75, 3.05) is 13.6 Å². The Labute approximate surface area is 54.3 Å². The Hall–Kier alpha value is -0.410. The standard InChI is InChI=1S/C6H11NO2/c1-7-3-6(9)2-5(7)4-8/h4-6,9H,2-3H2,1H3. The molecule has 9 heavy (non-hydrogen) atoms. The number of carbonyl (C=O) groups excluding carboxylic acids is 1. The van der Waals surface area contributed by atoms with Crippen molar-refractivity contribution in [3.63, 3.8) is 0 Å². The van der Waals surface area contributed by atoms with Crippen LogP contribution in [0.15, 0.2) is 0 Å². The summed E-state index contributed by atoms with van der Waals surface area (Å²) in [5, 5.41) is 9.00. The molecule has 0 aromatic carbocycles. The summed E-state index contributed by atoms with van der Waals surface area (Å²) >= 11 is 0. The van der Waals surface area contributed by atoms with Crippen LogP contribution in [0.5, 0.6) is 0 Å². The van der Waals surface area contributed by atoms with Gasteiger partial charge in [0.1, 0.15) is 6.29 Å². The highest BCUT2D eigenvalue weighted by atomic mass is 16.3. The Bertz CT molecular complexity index is 116. The first-order valence-electron chi connectivity index (χ1n) is 3.07. The number of carbonyl (C=O) groups is 1. The van der Waals surface area contributed by atoms with Crippen molar-refractivity contribution in [1.82, 2.24) is 4.90 Å². The summed E-state index contributed by atoms with van der Waals surface area (Å²) in [7, 11) is 1.84. The summed E-state index contributed by atoms with van der Waals surface area (Å²) in [6.07, 6.45) is 1.18. The van der Waals surface area contributed by atoms with Crippen molar-refractivity contribution in [3.8, 4) is 0 Å². The molecule has 0 radical (unpaired) electrons. The Balaban J connectivity index is 2.47. The van der Waals surface area contributed by atoms with Crippen molar-refractivity contribution in [1.29, 1.82) is 0 Å². The maximum absolute atomic E-state index is 10.2. The monoisotopic (exact) mass is 129 g/mol. The molecular formula is C6H11NO2. The van der Waals surface area contributed by atoms with Crippen LogP contribution in [0.1, 0.15) is 6.42 Å². The van der Waals surface area contributed by atoms with Crippen molar-refractivity contribution in [2.45, 2.75) is 18.6 Å². The minimum atomic E-state index is -0.301. The normalized spacial score (nSPS) is 37.1. The van der Waals surface area contributed by atoms with E-state index >= 15 is 0 Å². The average Bonchev–Trinajstić information content (AvgIpc) is 2.10. The van der Waals surface area contributed by atoms with Crippen molar-refractivity contribution < 1.29 is 9.90 Å². The first-order valence-corrected chi connectivity index (χ1v) is 3.07. The van der Waals surface area contributed by atoms with Crippen LogP contribution in [0.4, 0.5) is 0 Å². The summed E-state index contributed by atoms with van der Waals surface area (Å²) < 4.78 is 0. The highest BCUT2D eigenvalue weighted by Crippen LogP contribution is 2.12. The molecule has 3 heteroatoms. The van der Waals surface area contributed by atoms with Gasteiger partial charge in [-0.25, -0.2) is 0 Å². The molecule has 1 N–H and O–H groups in total. The largest absolute Gasteiger partial charge is 0.392 e. The molecule has 1 aliphatic heterocycles. The highest BCUT2D eigenvalue weighted by molar-refractivity contribution is 5.58. The minimum Gasteiger partial charge on any atom is -0.392 e. The molecule has 52 valence electrons. The molecule has 0 aromatic rings. The summed E-state index contributed by atoms with van der Waals surface area (Å²) in [4.78, 5) is 12.1. The Morgan fingerprint density at radius 1 is 1.78 bits per heavy atom. The van der Waals surface area contributed by atoms with Gasteiger partial charge in [0.2, 0.25) is 0 Å². The van der Waals surface area contributed by atoms with Gasteiger partial charge in [0.25, 0.3) is 0 Å². The zero-order valence-electron chi connectivity index (χ0n) is 5.45. The van der Waals surface area contributed by atoms with E-state index in [1.165, 1.54) is 0 Å². The molecule has 1 aliphatic rings. The molecule has 0 saturated carbocycles. The fourth-order valence-corrected chi connectivity index (χ4v) is 1.16. The number of aliphatic hydroxyl groups is 1. The van der Waals surface area contributed by atoms with E-state index < -0.39 is 0 Å². The third kappa shape index (κ3) is 1.28. The SMILES string of the molecule is CN1CC(O)CC1C=O. The van der Waals surface area contributed by atoms with E-state index in [1.807, 2.05) is 11.9 Å². The number of β-amino-alcohol motifs (C(OH)–C–C–N with tert-alkyl or cyclic N) is 1. The van der Waals surface area contributed by atoms with Crippen LogP contribution in [0.25, 0.3) is 0 Å². The maximum Gasteiger partial charge on any atom is 0.137 e. The molecule has 3 nitrogen and oxygen atoms in total. The molecule has 2 atom stereocenters. The topological polar surface area (TPSA) is 40.5 Å². The number of hydrogen-bond acceptors (Lipinski definition) is 3. The summed E-state index contributed by atoms with van der Waals surface area (Å²) in [6, 6.07) is -0.0556. The number of aldehydes is 1. The quantitative estimate of drug-likeness (QED) is 0.473. The molecule has 1 rings (SSSR count). The zero-order valence-corrected chi connectivity index (χ0v) is 5.45. The van der Waals surface area contributed by atoms with Crippen molar-refractivity contribution in [3.05, 3.63) is 0 Å². The van der Waals surface area contributed by atoms with E-state index in [4.69, 9.17) is 5.11 Å². The number of likely N-dealkylation sites (tertiary alicyclic amines) is 1. The van der Waals surface area contributed by atoms with Gasteiger partial charge in [0, 0.05) is 6.54 Å².